The van der Waals surface area contributed by atoms with Crippen molar-refractivity contribution in [1.29, 1.82) is 0 Å². The van der Waals surface area contributed by atoms with Crippen LogP contribution in [0.5, 0.6) is 0 Å². The maximum Gasteiger partial charge on any atom is 0.280 e. The summed E-state index contributed by atoms with van der Waals surface area (Å²) in [5.41, 5.74) is 5.20. The molecule has 1 saturated heterocycles. The SMILES string of the molecule is Cc1c2c(nn1C)C(=O)N(c1ccc3nc[nH]c3c1)C2c1ccc(N2CCC(F)CC2)cc1F. The van der Waals surface area contributed by atoms with Crippen molar-refractivity contribution < 1.29 is 13.6 Å². The van der Waals surface area contributed by atoms with Crippen LogP contribution in [-0.2, 0) is 7.05 Å². The third-order valence-corrected chi connectivity index (χ3v) is 7.08. The molecule has 1 atom stereocenters. The van der Waals surface area contributed by atoms with E-state index in [0.29, 0.717) is 48.4 Å². The molecule has 0 aliphatic carbocycles. The fourth-order valence-electron chi connectivity index (χ4n) is 5.15. The molecule has 2 aromatic heterocycles. The maximum absolute atomic E-state index is 15.7. The summed E-state index contributed by atoms with van der Waals surface area (Å²) in [7, 11) is 1.78. The van der Waals surface area contributed by atoms with Crippen molar-refractivity contribution in [2.45, 2.75) is 32.0 Å². The van der Waals surface area contributed by atoms with Gasteiger partial charge in [-0.25, -0.2) is 13.8 Å². The predicted molar refractivity (Wildman–Crippen MR) is 125 cm³/mol. The van der Waals surface area contributed by atoms with Gasteiger partial charge in [-0.1, -0.05) is 6.07 Å². The first-order valence-electron chi connectivity index (χ1n) is 11.4. The molecule has 9 heteroatoms. The Hall–Kier alpha value is -3.75. The first kappa shape index (κ1) is 20.8. The highest BCUT2D eigenvalue weighted by Gasteiger charge is 2.44. The van der Waals surface area contributed by atoms with Crippen molar-refractivity contribution in [2.75, 3.05) is 22.9 Å². The van der Waals surface area contributed by atoms with Gasteiger partial charge in [0, 0.05) is 48.3 Å². The van der Waals surface area contributed by atoms with Crippen LogP contribution in [-0.4, -0.2) is 44.9 Å². The molecule has 0 spiro atoms. The van der Waals surface area contributed by atoms with Crippen LogP contribution in [0.2, 0.25) is 0 Å². The Bertz CT molecular complexity index is 1420. The largest absolute Gasteiger partial charge is 0.371 e. The molecular formula is C25H24F2N6O. The average Bonchev–Trinajstić information content (AvgIpc) is 3.49. The quantitative estimate of drug-likeness (QED) is 0.489. The lowest BCUT2D eigenvalue weighted by Crippen LogP contribution is -2.34. The lowest BCUT2D eigenvalue weighted by molar-refractivity contribution is 0.0988. The number of alkyl halides is 1. The zero-order valence-corrected chi connectivity index (χ0v) is 18.9. The highest BCUT2D eigenvalue weighted by Crippen LogP contribution is 2.44. The number of aromatic amines is 1. The van der Waals surface area contributed by atoms with Crippen LogP contribution in [0.3, 0.4) is 0 Å². The second-order valence-electron chi connectivity index (χ2n) is 9.02. The summed E-state index contributed by atoms with van der Waals surface area (Å²) < 4.78 is 30.9. The number of rotatable bonds is 3. The van der Waals surface area contributed by atoms with Crippen molar-refractivity contribution in [3.05, 3.63) is 71.1 Å². The molecule has 0 saturated carbocycles. The smallest absolute Gasteiger partial charge is 0.280 e. The molecule has 0 bridgehead atoms. The van der Waals surface area contributed by atoms with Crippen molar-refractivity contribution >= 4 is 28.3 Å². The number of amides is 1. The minimum absolute atomic E-state index is 0.268. The van der Waals surface area contributed by atoms with Crippen LogP contribution in [0, 0.1) is 12.7 Å². The summed E-state index contributed by atoms with van der Waals surface area (Å²) in [5.74, 6) is -0.669. The van der Waals surface area contributed by atoms with Crippen LogP contribution in [0.15, 0.2) is 42.7 Å². The molecule has 6 rings (SSSR count). The van der Waals surface area contributed by atoms with E-state index < -0.39 is 18.0 Å². The highest BCUT2D eigenvalue weighted by molar-refractivity contribution is 6.11. The summed E-state index contributed by atoms with van der Waals surface area (Å²) in [4.78, 5) is 24.5. The molecule has 1 N–H and O–H groups in total. The zero-order valence-electron chi connectivity index (χ0n) is 18.9. The van der Waals surface area contributed by atoms with Crippen LogP contribution in [0.4, 0.5) is 20.2 Å². The van der Waals surface area contributed by atoms with Crippen molar-refractivity contribution in [3.8, 4) is 0 Å². The maximum atomic E-state index is 15.7. The number of halogens is 2. The number of aryl methyl sites for hydroxylation is 1. The summed E-state index contributed by atoms with van der Waals surface area (Å²) in [5, 5.41) is 4.44. The summed E-state index contributed by atoms with van der Waals surface area (Å²) in [6, 6.07) is 9.96. The van der Waals surface area contributed by atoms with E-state index in [9.17, 15) is 9.18 Å². The van der Waals surface area contributed by atoms with Gasteiger partial charge in [0.1, 0.15) is 12.0 Å². The van der Waals surface area contributed by atoms with Gasteiger partial charge in [-0.2, -0.15) is 5.10 Å². The first-order valence-corrected chi connectivity index (χ1v) is 11.4. The van der Waals surface area contributed by atoms with Crippen LogP contribution in [0.1, 0.15) is 46.2 Å². The number of anilines is 2. The molecule has 1 unspecified atom stereocenters. The van der Waals surface area contributed by atoms with Crippen molar-refractivity contribution in [1.82, 2.24) is 19.7 Å². The van der Waals surface area contributed by atoms with Crippen LogP contribution in [0.25, 0.3) is 11.0 Å². The zero-order chi connectivity index (χ0) is 23.6. The predicted octanol–water partition coefficient (Wildman–Crippen LogP) is 4.43. The molecule has 1 fully saturated rings. The number of fused-ring (bicyclic) bond motifs is 2. The Labute approximate surface area is 195 Å². The molecule has 2 aliphatic rings. The van der Waals surface area contributed by atoms with Gasteiger partial charge in [0.25, 0.3) is 5.91 Å². The number of carbonyl (C=O) groups excluding carboxylic acids is 1. The summed E-state index contributed by atoms with van der Waals surface area (Å²) in [6.45, 7) is 3.01. The number of piperidine rings is 1. The molecule has 2 aliphatic heterocycles. The van der Waals surface area contributed by atoms with E-state index in [0.717, 1.165) is 22.4 Å². The Balaban J connectivity index is 1.46. The van der Waals surface area contributed by atoms with E-state index >= 15 is 4.39 Å². The number of nitrogens with one attached hydrogen (secondary N) is 1. The van der Waals surface area contributed by atoms with Gasteiger partial charge in [-0.15, -0.1) is 0 Å². The lowest BCUT2D eigenvalue weighted by Gasteiger charge is -2.31. The number of benzene rings is 2. The summed E-state index contributed by atoms with van der Waals surface area (Å²) >= 11 is 0. The average molecular weight is 463 g/mol. The summed E-state index contributed by atoms with van der Waals surface area (Å²) in [6.07, 6.45) is 1.70. The van der Waals surface area contributed by atoms with Gasteiger partial charge in [-0.05, 0) is 50.1 Å². The standard InChI is InChI=1S/C25H24F2N6O/c1-14-22-23(30-31(14)2)25(34)33(17-4-6-20-21(12-17)29-13-28-20)24(22)18-5-3-16(11-19(18)27)32-9-7-15(26)8-10-32/h3-6,11-13,15,24H,7-10H2,1-2H3,(H,28,29). The minimum atomic E-state index is -0.794. The number of hydrogen-bond acceptors (Lipinski definition) is 4. The third kappa shape index (κ3) is 3.10. The van der Waals surface area contributed by atoms with Crippen molar-refractivity contribution in [2.24, 2.45) is 7.05 Å². The van der Waals surface area contributed by atoms with E-state index in [2.05, 4.69) is 15.1 Å². The normalized spacial score (nSPS) is 18.8. The van der Waals surface area contributed by atoms with E-state index in [1.807, 2.05) is 36.1 Å². The second kappa shape index (κ2) is 7.65. The second-order valence-corrected chi connectivity index (χ2v) is 9.02. The van der Waals surface area contributed by atoms with Gasteiger partial charge >= 0.3 is 0 Å². The van der Waals surface area contributed by atoms with E-state index in [1.54, 1.807) is 29.0 Å². The van der Waals surface area contributed by atoms with Gasteiger partial charge in [-0.3, -0.25) is 14.4 Å². The lowest BCUT2D eigenvalue weighted by atomic mass is 9.97. The topological polar surface area (TPSA) is 70.0 Å². The first-order chi connectivity index (χ1) is 16.4. The number of imidazole rings is 1. The fourth-order valence-corrected chi connectivity index (χ4v) is 5.15. The number of carbonyl (C=O) groups is 1. The molecule has 7 nitrogen and oxygen atoms in total. The molecule has 0 radical (unpaired) electrons. The van der Waals surface area contributed by atoms with Crippen LogP contribution >= 0.6 is 0 Å². The number of hydrogen-bond donors (Lipinski definition) is 1. The molecule has 4 aromatic rings. The van der Waals surface area contributed by atoms with Gasteiger partial charge in [0.15, 0.2) is 5.69 Å². The Kier molecular flexibility index (Phi) is 4.68. The number of nitrogens with zero attached hydrogens (tertiary/aromatic N) is 5. The van der Waals surface area contributed by atoms with E-state index in [1.165, 1.54) is 6.07 Å². The molecular weight excluding hydrogens is 438 g/mol. The fraction of sp³-hybridized carbons (Fsp3) is 0.320. The molecule has 2 aromatic carbocycles. The highest BCUT2D eigenvalue weighted by atomic mass is 19.1. The van der Waals surface area contributed by atoms with Gasteiger partial charge < -0.3 is 9.88 Å². The Morgan fingerprint density at radius 1 is 1.09 bits per heavy atom. The third-order valence-electron chi connectivity index (χ3n) is 7.08. The molecule has 34 heavy (non-hydrogen) atoms. The monoisotopic (exact) mass is 462 g/mol. The Morgan fingerprint density at radius 3 is 2.62 bits per heavy atom. The van der Waals surface area contributed by atoms with Gasteiger partial charge in [0.2, 0.25) is 0 Å². The van der Waals surface area contributed by atoms with Gasteiger partial charge in [0.05, 0.1) is 23.4 Å². The Morgan fingerprint density at radius 2 is 1.85 bits per heavy atom. The molecule has 1 amide bonds. The number of aromatic nitrogens is 4. The van der Waals surface area contributed by atoms with E-state index in [4.69, 9.17) is 0 Å². The van der Waals surface area contributed by atoms with Crippen molar-refractivity contribution in [3.63, 3.8) is 0 Å². The van der Waals surface area contributed by atoms with E-state index in [-0.39, 0.29) is 5.91 Å². The minimum Gasteiger partial charge on any atom is -0.371 e. The number of H-pyrrole nitrogens is 1. The van der Waals surface area contributed by atoms with Crippen LogP contribution < -0.4 is 9.80 Å². The molecule has 174 valence electrons. The molecule has 4 heterocycles.